The van der Waals surface area contributed by atoms with Crippen LogP contribution in [0.1, 0.15) is 96.8 Å². The van der Waals surface area contributed by atoms with Crippen molar-refractivity contribution < 1.29 is 9.53 Å². The predicted octanol–water partition coefficient (Wildman–Crippen LogP) is 6.38. The summed E-state index contributed by atoms with van der Waals surface area (Å²) in [5.41, 5.74) is 0.488. The average Bonchev–Trinajstić information content (AvgIpc) is 2.53. The zero-order valence-corrected chi connectivity index (χ0v) is 21.6. The zero-order valence-electron chi connectivity index (χ0n) is 16.4. The Morgan fingerprint density at radius 1 is 0.840 bits per heavy atom. The van der Waals surface area contributed by atoms with E-state index < -0.39 is 0 Å². The number of alkyl halides is 2. The fraction of sp³-hybridized carbons (Fsp3) is 0.850. The van der Waals surface area contributed by atoms with E-state index in [2.05, 4.69) is 38.4 Å². The van der Waals surface area contributed by atoms with Gasteiger partial charge in [0.05, 0.1) is 9.46 Å². The highest BCUT2D eigenvalue weighted by atomic mass is 79.9. The van der Waals surface area contributed by atoms with Crippen LogP contribution in [0.4, 0.5) is 0 Å². The van der Waals surface area contributed by atoms with Gasteiger partial charge in [-0.2, -0.15) is 0 Å². The van der Waals surface area contributed by atoms with Crippen molar-refractivity contribution in [1.29, 1.82) is 0 Å². The third-order valence-corrected chi connectivity index (χ3v) is 5.63. The van der Waals surface area contributed by atoms with Crippen LogP contribution in [0.15, 0.2) is 12.2 Å². The summed E-state index contributed by atoms with van der Waals surface area (Å²) in [6, 6.07) is 0. The number of hydrogen-bond acceptors (Lipinski definition) is 2. The Kier molecular flexibility index (Phi) is 16.8. The van der Waals surface area contributed by atoms with Gasteiger partial charge in [0, 0.05) is 15.8 Å². The second-order valence-corrected chi connectivity index (χ2v) is 16.5. The second-order valence-electron chi connectivity index (χ2n) is 7.33. The van der Waals surface area contributed by atoms with E-state index in [9.17, 15) is 4.79 Å². The smallest absolute Gasteiger partial charge is 0.333 e. The number of esters is 1. The molecule has 0 unspecified atom stereocenters. The summed E-state index contributed by atoms with van der Waals surface area (Å²) in [6.45, 7) is 5.80. The number of unbranched alkanes of at least 4 members (excludes halogenated alkanes) is 12. The van der Waals surface area contributed by atoms with Crippen LogP contribution in [0.3, 0.4) is 0 Å². The first kappa shape index (κ1) is 25.4. The van der Waals surface area contributed by atoms with Crippen molar-refractivity contribution in [2.24, 2.45) is 0 Å². The summed E-state index contributed by atoms with van der Waals surface area (Å²) in [6.07, 6.45) is 18.4. The Morgan fingerprint density at radius 3 is 1.56 bits per heavy atom. The highest BCUT2D eigenvalue weighted by Gasteiger charge is 2.13. The van der Waals surface area contributed by atoms with Crippen molar-refractivity contribution >= 4 is 48.1 Å². The molecule has 0 aliphatic rings. The van der Waals surface area contributed by atoms with Gasteiger partial charge in [-0.3, -0.25) is 0 Å². The summed E-state index contributed by atoms with van der Waals surface area (Å²) in [5.74, 6) is -0.258. The Labute approximate surface area is 175 Å². The van der Waals surface area contributed by atoms with Gasteiger partial charge in [0.1, 0.15) is 0 Å². The largest absolute Gasteiger partial charge is 0.462 e. The maximum absolute atomic E-state index is 11.2. The number of halogens is 2. The number of ether oxygens (including phenoxy) is 1. The molecular weight excluding hydrogens is 460 g/mol. The molecule has 0 bridgehead atoms. The van der Waals surface area contributed by atoms with Crippen LogP contribution >= 0.6 is 31.9 Å². The van der Waals surface area contributed by atoms with Crippen molar-refractivity contribution in [3.63, 3.8) is 0 Å². The third kappa shape index (κ3) is 20.6. The first-order chi connectivity index (χ1) is 11.8. The maximum atomic E-state index is 11.2. The minimum absolute atomic E-state index is 0.258. The lowest BCUT2D eigenvalue weighted by molar-refractivity contribution is -0.139. The van der Waals surface area contributed by atoms with Gasteiger partial charge in [0.25, 0.3) is 0 Å². The lowest BCUT2D eigenvalue weighted by Crippen LogP contribution is -2.09. The van der Waals surface area contributed by atoms with Gasteiger partial charge in [-0.05, 0) is 19.8 Å². The van der Waals surface area contributed by atoms with E-state index in [-0.39, 0.29) is 8.83 Å². The highest BCUT2D eigenvalue weighted by Crippen LogP contribution is 2.28. The van der Waals surface area contributed by atoms with E-state index in [1.165, 1.54) is 77.0 Å². The quantitative estimate of drug-likeness (QED) is 0.0766. The molecule has 0 saturated carbocycles. The molecule has 0 aromatic rings. The van der Waals surface area contributed by atoms with E-state index in [1.807, 2.05) is 0 Å². The monoisotopic (exact) mass is 496 g/mol. The van der Waals surface area contributed by atoms with Gasteiger partial charge in [0.15, 0.2) is 0 Å². The van der Waals surface area contributed by atoms with Crippen LogP contribution in [0, 0.1) is 0 Å². The molecule has 0 atom stereocenters. The molecule has 0 fully saturated rings. The fourth-order valence-corrected chi connectivity index (χ4v) is 3.68. The Balaban J connectivity index is 3.12. The molecule has 0 rings (SSSR count). The molecule has 0 spiro atoms. The molecule has 0 aliphatic heterocycles. The van der Waals surface area contributed by atoms with Crippen LogP contribution in [0.5, 0.6) is 0 Å². The van der Waals surface area contributed by atoms with Gasteiger partial charge >= 0.3 is 5.97 Å². The number of carbonyl (C=O) groups excluding carboxylic acids is 1. The lowest BCUT2D eigenvalue weighted by Gasteiger charge is -2.13. The van der Waals surface area contributed by atoms with E-state index in [4.69, 9.17) is 4.74 Å². The topological polar surface area (TPSA) is 26.3 Å². The van der Waals surface area contributed by atoms with E-state index >= 15 is 0 Å². The molecule has 0 saturated heterocycles. The van der Waals surface area contributed by atoms with Gasteiger partial charge in [-0.1, -0.05) is 115 Å². The van der Waals surface area contributed by atoms with Crippen molar-refractivity contribution in [2.45, 2.75) is 99.7 Å². The molecule has 0 aromatic carbocycles. The second kappa shape index (κ2) is 16.6. The molecule has 2 nitrogen and oxygen atoms in total. The zero-order chi connectivity index (χ0) is 19.0. The highest BCUT2D eigenvalue weighted by molar-refractivity contribution is 9.26. The van der Waals surface area contributed by atoms with Crippen LogP contribution in [0.2, 0.25) is 0 Å². The molecule has 25 heavy (non-hydrogen) atoms. The molecule has 0 aliphatic carbocycles. The molecule has 0 N–H and O–H groups in total. The van der Waals surface area contributed by atoms with Gasteiger partial charge in [0.2, 0.25) is 0 Å². The van der Waals surface area contributed by atoms with Crippen LogP contribution in [0.25, 0.3) is 0 Å². The molecule has 148 valence electrons. The van der Waals surface area contributed by atoms with E-state index in [1.54, 1.807) is 6.92 Å². The van der Waals surface area contributed by atoms with Crippen molar-refractivity contribution in [1.82, 2.24) is 0 Å². The Bertz CT molecular complexity index is 354. The van der Waals surface area contributed by atoms with E-state index in [0.29, 0.717) is 12.2 Å². The summed E-state index contributed by atoms with van der Waals surface area (Å²) in [5, 5.41) is 0. The number of rotatable bonds is 17. The standard InChI is InChI=1S/C20H38Br2O2Si/c1-18(2)19(23)24-17-15-13-11-9-7-5-3-4-6-8-10-12-14-16-20(21,22)25/h1,3-17H2,2,25H3. The molecule has 0 heterocycles. The minimum atomic E-state index is -0.258. The maximum Gasteiger partial charge on any atom is 0.333 e. The number of carbonyl (C=O) groups is 1. The van der Waals surface area contributed by atoms with Crippen molar-refractivity contribution in [3.05, 3.63) is 12.2 Å². The van der Waals surface area contributed by atoms with Crippen molar-refractivity contribution in [3.8, 4) is 0 Å². The van der Waals surface area contributed by atoms with Gasteiger partial charge < -0.3 is 4.74 Å². The predicted molar refractivity (Wildman–Crippen MR) is 121 cm³/mol. The molecule has 0 amide bonds. The van der Waals surface area contributed by atoms with Crippen molar-refractivity contribution in [2.75, 3.05) is 6.61 Å². The first-order valence-corrected chi connectivity index (χ1v) is 12.6. The van der Waals surface area contributed by atoms with Crippen LogP contribution in [-0.2, 0) is 9.53 Å². The summed E-state index contributed by atoms with van der Waals surface area (Å²) >= 11 is 7.37. The van der Waals surface area contributed by atoms with Crippen LogP contribution in [-0.4, -0.2) is 25.7 Å². The molecule has 5 heteroatoms. The molecule has 0 radical (unpaired) electrons. The normalized spacial score (nSPS) is 11.6. The summed E-state index contributed by atoms with van der Waals surface area (Å²) in [7, 11) is 1.16. The lowest BCUT2D eigenvalue weighted by atomic mass is 10.0. The third-order valence-electron chi connectivity index (χ3n) is 4.34. The first-order valence-electron chi connectivity index (χ1n) is 10.0. The summed E-state index contributed by atoms with van der Waals surface area (Å²) in [4.78, 5) is 11.2. The molecule has 0 aromatic heterocycles. The molecular formula is C20H38Br2O2Si. The number of hydrogen-bond donors (Lipinski definition) is 0. The SMILES string of the molecule is C=C(C)C(=O)OCCCCCCCCCCCCCCCC([SiH3])(Br)Br. The fourth-order valence-electron chi connectivity index (χ4n) is 2.77. The Morgan fingerprint density at radius 2 is 1.20 bits per heavy atom. The van der Waals surface area contributed by atoms with Crippen LogP contribution < -0.4 is 0 Å². The average molecular weight is 498 g/mol. The van der Waals surface area contributed by atoms with Gasteiger partial charge in [-0.25, -0.2) is 4.79 Å². The summed E-state index contributed by atoms with van der Waals surface area (Å²) < 4.78 is 5.36. The minimum Gasteiger partial charge on any atom is -0.462 e. The van der Waals surface area contributed by atoms with Gasteiger partial charge in [-0.15, -0.1) is 0 Å². The Hall–Kier alpha value is 0.387. The van der Waals surface area contributed by atoms with E-state index in [0.717, 1.165) is 23.1 Å².